The van der Waals surface area contributed by atoms with E-state index >= 15 is 0 Å². The van der Waals surface area contributed by atoms with Gasteiger partial charge in [0.1, 0.15) is 11.3 Å². The second kappa shape index (κ2) is 3.48. The SMILES string of the molecule is Cc1nc(CNC2(C(F)(F)F)CC2)oc1C. The molecule has 6 heteroatoms. The first-order chi connectivity index (χ1) is 7.34. The number of alkyl halides is 3. The molecule has 16 heavy (non-hydrogen) atoms. The van der Waals surface area contributed by atoms with E-state index in [1.54, 1.807) is 13.8 Å². The van der Waals surface area contributed by atoms with Crippen molar-refractivity contribution in [3.05, 3.63) is 17.3 Å². The third-order valence-electron chi connectivity index (χ3n) is 2.94. The van der Waals surface area contributed by atoms with E-state index in [-0.39, 0.29) is 19.4 Å². The Morgan fingerprint density at radius 2 is 2.00 bits per heavy atom. The molecule has 0 spiro atoms. The highest BCUT2D eigenvalue weighted by Crippen LogP contribution is 2.49. The lowest BCUT2D eigenvalue weighted by Gasteiger charge is -2.19. The number of aryl methyl sites for hydroxylation is 2. The fourth-order valence-electron chi connectivity index (χ4n) is 1.55. The molecule has 0 bridgehead atoms. The van der Waals surface area contributed by atoms with Crippen LogP contribution in [0.2, 0.25) is 0 Å². The Hall–Kier alpha value is -1.04. The lowest BCUT2D eigenvalue weighted by Crippen LogP contribution is -2.44. The van der Waals surface area contributed by atoms with Crippen molar-refractivity contribution in [1.82, 2.24) is 10.3 Å². The second-order valence-electron chi connectivity index (χ2n) is 4.18. The molecule has 1 saturated carbocycles. The number of hydrogen-bond donors (Lipinski definition) is 1. The molecule has 1 aromatic heterocycles. The standard InChI is InChI=1S/C10H13F3N2O/c1-6-7(2)16-8(15-6)5-14-9(3-4-9)10(11,12)13/h14H,3-5H2,1-2H3. The van der Waals surface area contributed by atoms with Crippen LogP contribution in [0, 0.1) is 13.8 Å². The van der Waals surface area contributed by atoms with Gasteiger partial charge in [0.2, 0.25) is 5.89 Å². The van der Waals surface area contributed by atoms with Gasteiger partial charge in [0.25, 0.3) is 0 Å². The molecule has 1 heterocycles. The summed E-state index contributed by atoms with van der Waals surface area (Å²) in [6.07, 6.45) is -3.92. The van der Waals surface area contributed by atoms with Gasteiger partial charge < -0.3 is 4.42 Å². The summed E-state index contributed by atoms with van der Waals surface area (Å²) >= 11 is 0. The summed E-state index contributed by atoms with van der Waals surface area (Å²) in [5.74, 6) is 0.958. The molecule has 1 aliphatic carbocycles. The highest BCUT2D eigenvalue weighted by Gasteiger charge is 2.63. The number of nitrogens with zero attached hydrogens (tertiary/aromatic N) is 1. The summed E-state index contributed by atoms with van der Waals surface area (Å²) in [7, 11) is 0. The summed E-state index contributed by atoms with van der Waals surface area (Å²) in [5.41, 5.74) is -0.989. The molecule has 0 aliphatic heterocycles. The monoisotopic (exact) mass is 234 g/mol. The van der Waals surface area contributed by atoms with E-state index in [0.717, 1.165) is 0 Å². The lowest BCUT2D eigenvalue weighted by molar-refractivity contribution is -0.166. The van der Waals surface area contributed by atoms with E-state index in [1.807, 2.05) is 0 Å². The highest BCUT2D eigenvalue weighted by atomic mass is 19.4. The molecule has 90 valence electrons. The van der Waals surface area contributed by atoms with E-state index in [4.69, 9.17) is 4.42 Å². The second-order valence-corrected chi connectivity index (χ2v) is 4.18. The van der Waals surface area contributed by atoms with Crippen molar-refractivity contribution in [2.24, 2.45) is 0 Å². The molecular formula is C10H13F3N2O. The van der Waals surface area contributed by atoms with Gasteiger partial charge in [-0.25, -0.2) is 4.98 Å². The van der Waals surface area contributed by atoms with E-state index in [2.05, 4.69) is 10.3 Å². The predicted octanol–water partition coefficient (Wildman–Crippen LogP) is 2.48. The number of aromatic nitrogens is 1. The fraction of sp³-hybridized carbons (Fsp3) is 0.700. The van der Waals surface area contributed by atoms with Crippen LogP contribution in [-0.4, -0.2) is 16.7 Å². The first-order valence-corrected chi connectivity index (χ1v) is 5.09. The van der Waals surface area contributed by atoms with E-state index in [1.165, 1.54) is 0 Å². The van der Waals surface area contributed by atoms with Gasteiger partial charge in [-0.2, -0.15) is 13.2 Å². The number of halogens is 3. The first-order valence-electron chi connectivity index (χ1n) is 5.09. The summed E-state index contributed by atoms with van der Waals surface area (Å²) in [4.78, 5) is 4.03. The molecule has 1 aliphatic rings. The first kappa shape index (κ1) is 11.4. The van der Waals surface area contributed by atoms with Crippen molar-refractivity contribution in [2.75, 3.05) is 0 Å². The molecule has 2 rings (SSSR count). The third kappa shape index (κ3) is 1.93. The van der Waals surface area contributed by atoms with Gasteiger partial charge in [-0.1, -0.05) is 0 Å². The maximum absolute atomic E-state index is 12.6. The van der Waals surface area contributed by atoms with Gasteiger partial charge in [0, 0.05) is 0 Å². The van der Waals surface area contributed by atoms with Crippen molar-refractivity contribution in [3.8, 4) is 0 Å². The minimum absolute atomic E-state index is 0.0220. The van der Waals surface area contributed by atoms with E-state index in [9.17, 15) is 13.2 Å². The molecule has 1 aromatic rings. The largest absolute Gasteiger partial charge is 0.444 e. The van der Waals surface area contributed by atoms with E-state index < -0.39 is 11.7 Å². The van der Waals surface area contributed by atoms with Crippen molar-refractivity contribution < 1.29 is 17.6 Å². The highest BCUT2D eigenvalue weighted by molar-refractivity contribution is 5.10. The Kier molecular flexibility index (Phi) is 2.49. The minimum Gasteiger partial charge on any atom is -0.444 e. The third-order valence-corrected chi connectivity index (χ3v) is 2.94. The van der Waals surface area contributed by atoms with Crippen molar-refractivity contribution in [3.63, 3.8) is 0 Å². The predicted molar refractivity (Wildman–Crippen MR) is 50.8 cm³/mol. The summed E-state index contributed by atoms with van der Waals surface area (Å²) < 4.78 is 42.9. The minimum atomic E-state index is -4.19. The maximum atomic E-state index is 12.6. The summed E-state index contributed by atoms with van der Waals surface area (Å²) in [6, 6.07) is 0. The number of oxazole rings is 1. The van der Waals surface area contributed by atoms with Gasteiger partial charge in [0.05, 0.1) is 12.2 Å². The Labute approximate surface area is 91.0 Å². The van der Waals surface area contributed by atoms with Crippen LogP contribution in [0.1, 0.15) is 30.2 Å². The molecule has 0 aromatic carbocycles. The zero-order valence-corrected chi connectivity index (χ0v) is 9.11. The molecule has 3 nitrogen and oxygen atoms in total. The summed E-state index contributed by atoms with van der Waals surface area (Å²) in [5, 5.41) is 2.49. The van der Waals surface area contributed by atoms with Crippen molar-refractivity contribution in [1.29, 1.82) is 0 Å². The molecule has 0 unspecified atom stereocenters. The Bertz CT molecular complexity index is 374. The fourth-order valence-corrected chi connectivity index (χ4v) is 1.55. The van der Waals surface area contributed by atoms with Crippen LogP contribution in [0.4, 0.5) is 13.2 Å². The topological polar surface area (TPSA) is 38.1 Å². The molecule has 0 atom stereocenters. The molecule has 0 radical (unpaired) electrons. The van der Waals surface area contributed by atoms with Crippen LogP contribution < -0.4 is 5.32 Å². The zero-order chi connectivity index (χ0) is 12.0. The van der Waals surface area contributed by atoms with Crippen LogP contribution >= 0.6 is 0 Å². The van der Waals surface area contributed by atoms with Gasteiger partial charge in [0.15, 0.2) is 0 Å². The van der Waals surface area contributed by atoms with Crippen molar-refractivity contribution in [2.45, 2.75) is 44.9 Å². The number of nitrogens with one attached hydrogen (secondary N) is 1. The van der Waals surface area contributed by atoms with Gasteiger partial charge in [-0.15, -0.1) is 0 Å². The average Bonchev–Trinajstić information content (AvgIpc) is 2.88. The summed E-state index contributed by atoms with van der Waals surface area (Å²) in [6.45, 7) is 3.52. The molecular weight excluding hydrogens is 221 g/mol. The number of hydrogen-bond acceptors (Lipinski definition) is 3. The van der Waals surface area contributed by atoms with Crippen LogP contribution in [0.15, 0.2) is 4.42 Å². The molecule has 1 N–H and O–H groups in total. The van der Waals surface area contributed by atoms with Crippen LogP contribution in [-0.2, 0) is 6.54 Å². The van der Waals surface area contributed by atoms with Gasteiger partial charge in [-0.05, 0) is 26.7 Å². The normalized spacial score (nSPS) is 18.8. The Balaban J connectivity index is 1.98. The average molecular weight is 234 g/mol. The van der Waals surface area contributed by atoms with Gasteiger partial charge >= 0.3 is 6.18 Å². The van der Waals surface area contributed by atoms with Crippen molar-refractivity contribution >= 4 is 0 Å². The Morgan fingerprint density at radius 3 is 2.38 bits per heavy atom. The smallest absolute Gasteiger partial charge is 0.406 e. The molecule has 0 amide bonds. The van der Waals surface area contributed by atoms with Gasteiger partial charge in [-0.3, -0.25) is 5.32 Å². The van der Waals surface area contributed by atoms with Crippen LogP contribution in [0.25, 0.3) is 0 Å². The lowest BCUT2D eigenvalue weighted by atomic mass is 10.2. The van der Waals surface area contributed by atoms with E-state index in [0.29, 0.717) is 17.3 Å². The van der Waals surface area contributed by atoms with Crippen LogP contribution in [0.5, 0.6) is 0 Å². The molecule has 1 fully saturated rings. The Morgan fingerprint density at radius 1 is 1.38 bits per heavy atom. The molecule has 0 saturated heterocycles. The number of rotatable bonds is 3. The maximum Gasteiger partial charge on any atom is 0.406 e. The quantitative estimate of drug-likeness (QED) is 0.873. The van der Waals surface area contributed by atoms with Crippen LogP contribution in [0.3, 0.4) is 0 Å². The zero-order valence-electron chi connectivity index (χ0n) is 9.11.